The molecule has 1 fully saturated rings. The summed E-state index contributed by atoms with van der Waals surface area (Å²) < 4.78 is 6.41. The van der Waals surface area contributed by atoms with Gasteiger partial charge in [-0.15, -0.1) is 5.10 Å². The van der Waals surface area contributed by atoms with E-state index >= 15 is 0 Å². The minimum atomic E-state index is -0.125. The maximum Gasteiger partial charge on any atom is 0.267 e. The summed E-state index contributed by atoms with van der Waals surface area (Å²) in [5, 5.41) is 9.16. The molecule has 2 aromatic carbocycles. The molecule has 0 N–H and O–H groups in total. The predicted molar refractivity (Wildman–Crippen MR) is 139 cm³/mol. The quantitative estimate of drug-likeness (QED) is 0.209. The van der Waals surface area contributed by atoms with Crippen molar-refractivity contribution in [3.8, 4) is 0 Å². The van der Waals surface area contributed by atoms with Crippen molar-refractivity contribution in [1.29, 1.82) is 0 Å². The fourth-order valence-corrected chi connectivity index (χ4v) is 4.59. The number of carbonyl (C=O) groups excluding carboxylic acids is 1. The van der Waals surface area contributed by atoms with E-state index in [-0.39, 0.29) is 11.3 Å². The van der Waals surface area contributed by atoms with Gasteiger partial charge in [0.25, 0.3) is 5.91 Å². The van der Waals surface area contributed by atoms with Crippen LogP contribution in [0.4, 0.5) is 0 Å². The minimum Gasteiger partial charge on any atom is -0.467 e. The summed E-state index contributed by atoms with van der Waals surface area (Å²) in [6.45, 7) is 6.85. The van der Waals surface area contributed by atoms with Gasteiger partial charge in [0, 0.05) is 4.47 Å². The average molecular weight is 522 g/mol. The molecule has 0 spiro atoms. The summed E-state index contributed by atoms with van der Waals surface area (Å²) in [5.41, 5.74) is 3.24. The van der Waals surface area contributed by atoms with Gasteiger partial charge < -0.3 is 4.42 Å². The highest BCUT2D eigenvalue weighted by Crippen LogP contribution is 2.34. The number of hydrogen-bond acceptors (Lipinski definition) is 5. The van der Waals surface area contributed by atoms with Gasteiger partial charge >= 0.3 is 0 Å². The van der Waals surface area contributed by atoms with Crippen LogP contribution in [0.15, 0.2) is 90.9 Å². The van der Waals surface area contributed by atoms with E-state index in [0.717, 1.165) is 15.6 Å². The summed E-state index contributed by atoms with van der Waals surface area (Å²) in [7, 11) is 0. The monoisotopic (exact) mass is 521 g/mol. The minimum absolute atomic E-state index is 0.0974. The number of amidine groups is 1. The van der Waals surface area contributed by atoms with E-state index < -0.39 is 0 Å². The van der Waals surface area contributed by atoms with Crippen LogP contribution in [0.3, 0.4) is 0 Å². The van der Waals surface area contributed by atoms with Gasteiger partial charge in [-0.3, -0.25) is 9.69 Å². The number of benzene rings is 2. The predicted octanol–water partition coefficient (Wildman–Crippen LogP) is 6.85. The number of halogens is 1. The Hall–Kier alpha value is -2.90. The highest BCUT2D eigenvalue weighted by atomic mass is 79.9. The molecule has 0 bridgehead atoms. The average Bonchev–Trinajstić information content (AvgIpc) is 3.38. The molecule has 5 nitrogen and oxygen atoms in total. The second-order valence-corrected chi connectivity index (χ2v) is 10.6. The van der Waals surface area contributed by atoms with Crippen LogP contribution in [0.1, 0.15) is 43.2 Å². The number of furan rings is 1. The van der Waals surface area contributed by atoms with Crippen LogP contribution < -0.4 is 0 Å². The summed E-state index contributed by atoms with van der Waals surface area (Å²) >= 11 is 4.78. The molecule has 3 aromatic rings. The first-order chi connectivity index (χ1) is 15.8. The van der Waals surface area contributed by atoms with Crippen molar-refractivity contribution >= 4 is 51.1 Å². The first kappa shape index (κ1) is 23.3. The Morgan fingerprint density at radius 3 is 2.52 bits per heavy atom. The highest BCUT2D eigenvalue weighted by molar-refractivity contribution is 9.10. The number of rotatable bonds is 5. The van der Waals surface area contributed by atoms with Crippen molar-refractivity contribution in [1.82, 2.24) is 4.90 Å². The fourth-order valence-electron chi connectivity index (χ4n) is 3.24. The van der Waals surface area contributed by atoms with Gasteiger partial charge in [-0.2, -0.15) is 5.10 Å². The lowest BCUT2D eigenvalue weighted by atomic mass is 9.87. The van der Waals surface area contributed by atoms with E-state index in [0.29, 0.717) is 22.4 Å². The van der Waals surface area contributed by atoms with Crippen molar-refractivity contribution in [3.63, 3.8) is 0 Å². The van der Waals surface area contributed by atoms with E-state index in [9.17, 15) is 4.79 Å². The van der Waals surface area contributed by atoms with E-state index in [2.05, 4.69) is 59.0 Å². The van der Waals surface area contributed by atoms with Crippen molar-refractivity contribution in [3.05, 3.63) is 98.8 Å². The Morgan fingerprint density at radius 2 is 1.85 bits per heavy atom. The standard InChI is InChI=1S/C26H24BrN3O2S/c1-26(2,3)20-11-9-18(10-12-20)16-28-29-25-30(17-22-8-5-13-32-22)24(31)23(33-25)15-19-6-4-7-21(27)14-19/h4-16H,17H2,1-3H3/b23-15-,28-16+,29-25-. The van der Waals surface area contributed by atoms with Gasteiger partial charge in [-0.05, 0) is 64.2 Å². The molecule has 1 aliphatic rings. The third-order valence-corrected chi connectivity index (χ3v) is 6.55. The molecular formula is C26H24BrN3O2S. The first-order valence-corrected chi connectivity index (χ1v) is 12.1. The summed E-state index contributed by atoms with van der Waals surface area (Å²) in [5.74, 6) is 0.557. The second kappa shape index (κ2) is 9.93. The summed E-state index contributed by atoms with van der Waals surface area (Å²) in [6, 6.07) is 19.7. The number of hydrogen-bond donors (Lipinski definition) is 0. The smallest absolute Gasteiger partial charge is 0.267 e. The van der Waals surface area contributed by atoms with Crippen LogP contribution in [0.2, 0.25) is 0 Å². The molecule has 7 heteroatoms. The van der Waals surface area contributed by atoms with Crippen LogP contribution in [-0.2, 0) is 16.8 Å². The van der Waals surface area contributed by atoms with Gasteiger partial charge in [-0.1, -0.05) is 73.1 Å². The Bertz CT molecular complexity index is 1220. The summed E-state index contributed by atoms with van der Waals surface area (Å²) in [4.78, 5) is 15.3. The highest BCUT2D eigenvalue weighted by Gasteiger charge is 2.34. The molecule has 0 radical (unpaired) electrons. The molecule has 1 saturated heterocycles. The molecule has 4 rings (SSSR count). The Kier molecular flexibility index (Phi) is 7.00. The lowest BCUT2D eigenvalue weighted by Crippen LogP contribution is -2.28. The zero-order valence-corrected chi connectivity index (χ0v) is 21.1. The largest absolute Gasteiger partial charge is 0.467 e. The van der Waals surface area contributed by atoms with E-state index in [4.69, 9.17) is 4.42 Å². The van der Waals surface area contributed by atoms with Crippen molar-refractivity contribution in [2.75, 3.05) is 0 Å². The van der Waals surface area contributed by atoms with Crippen LogP contribution in [-0.4, -0.2) is 22.2 Å². The molecule has 2 heterocycles. The molecule has 168 valence electrons. The molecule has 0 atom stereocenters. The van der Waals surface area contributed by atoms with Crippen LogP contribution in [0.25, 0.3) is 6.08 Å². The maximum atomic E-state index is 13.1. The first-order valence-electron chi connectivity index (χ1n) is 10.5. The molecule has 0 saturated carbocycles. The zero-order valence-electron chi connectivity index (χ0n) is 18.7. The molecule has 1 aromatic heterocycles. The molecule has 0 aliphatic carbocycles. The number of carbonyl (C=O) groups is 1. The summed E-state index contributed by atoms with van der Waals surface area (Å²) in [6.07, 6.45) is 5.16. The van der Waals surface area contributed by atoms with E-state index in [1.54, 1.807) is 23.4 Å². The maximum absolute atomic E-state index is 13.1. The van der Waals surface area contributed by atoms with Crippen molar-refractivity contribution < 1.29 is 9.21 Å². The Balaban J connectivity index is 1.58. The topological polar surface area (TPSA) is 58.2 Å². The van der Waals surface area contributed by atoms with Gasteiger partial charge in [-0.25, -0.2) is 0 Å². The van der Waals surface area contributed by atoms with Crippen LogP contribution in [0, 0.1) is 0 Å². The van der Waals surface area contributed by atoms with Crippen molar-refractivity contribution in [2.45, 2.75) is 32.7 Å². The number of nitrogens with zero attached hydrogens (tertiary/aromatic N) is 3. The molecule has 1 amide bonds. The van der Waals surface area contributed by atoms with Gasteiger partial charge in [0.05, 0.1) is 23.9 Å². The van der Waals surface area contributed by atoms with Crippen LogP contribution >= 0.6 is 27.7 Å². The molecule has 0 unspecified atom stereocenters. The number of amides is 1. The number of thioether (sulfide) groups is 1. The van der Waals surface area contributed by atoms with Gasteiger partial charge in [0.2, 0.25) is 0 Å². The lowest BCUT2D eigenvalue weighted by molar-refractivity contribution is -0.122. The third-order valence-electron chi connectivity index (χ3n) is 5.06. The van der Waals surface area contributed by atoms with E-state index in [1.807, 2.05) is 48.5 Å². The lowest BCUT2D eigenvalue weighted by Gasteiger charge is -2.18. The second-order valence-electron chi connectivity index (χ2n) is 8.64. The SMILES string of the molecule is CC(C)(C)c1ccc(/C=N/N=C2\S/C(=C\c3cccc(Br)c3)C(=O)N2Cc2ccco2)cc1. The van der Waals surface area contributed by atoms with Crippen LogP contribution in [0.5, 0.6) is 0 Å². The molecular weight excluding hydrogens is 498 g/mol. The van der Waals surface area contributed by atoms with Crippen molar-refractivity contribution in [2.24, 2.45) is 10.2 Å². The molecule has 1 aliphatic heterocycles. The zero-order chi connectivity index (χ0) is 23.4. The van der Waals surface area contributed by atoms with Gasteiger partial charge in [0.1, 0.15) is 5.76 Å². The Labute approximate surface area is 206 Å². The third kappa shape index (κ3) is 5.92. The fraction of sp³-hybridized carbons (Fsp3) is 0.192. The normalized spacial score (nSPS) is 17.1. The van der Waals surface area contributed by atoms with E-state index in [1.165, 1.54) is 17.3 Å². The van der Waals surface area contributed by atoms with Gasteiger partial charge in [0.15, 0.2) is 5.17 Å². The molecule has 33 heavy (non-hydrogen) atoms. The Morgan fingerprint density at radius 1 is 1.06 bits per heavy atom.